The Labute approximate surface area is 195 Å². The van der Waals surface area contributed by atoms with E-state index in [-0.39, 0.29) is 42.6 Å². The molecule has 1 N–H and O–H groups in total. The summed E-state index contributed by atoms with van der Waals surface area (Å²) in [5, 5.41) is 14.9. The molecule has 0 bridgehead atoms. The molecule has 0 unspecified atom stereocenters. The van der Waals surface area contributed by atoms with Gasteiger partial charge in [0.15, 0.2) is 0 Å². The molecule has 1 aromatic heterocycles. The summed E-state index contributed by atoms with van der Waals surface area (Å²) < 4.78 is 1.36. The molecule has 34 heavy (non-hydrogen) atoms. The van der Waals surface area contributed by atoms with E-state index in [0.717, 1.165) is 11.1 Å². The van der Waals surface area contributed by atoms with Gasteiger partial charge in [0, 0.05) is 68.5 Å². The van der Waals surface area contributed by atoms with Crippen molar-refractivity contribution in [3.05, 3.63) is 81.3 Å². The first-order chi connectivity index (χ1) is 16.4. The van der Waals surface area contributed by atoms with E-state index < -0.39 is 4.92 Å². The summed E-state index contributed by atoms with van der Waals surface area (Å²) in [6, 6.07) is 15.4. The van der Waals surface area contributed by atoms with Gasteiger partial charge in [-0.05, 0) is 29.7 Å². The van der Waals surface area contributed by atoms with Gasteiger partial charge in [0.25, 0.3) is 11.2 Å². The summed E-state index contributed by atoms with van der Waals surface area (Å²) >= 11 is 0. The number of nitrogens with one attached hydrogen (secondary N) is 1. The smallest absolute Gasteiger partial charge is 0.269 e. The first kappa shape index (κ1) is 23.0. The third-order valence-electron chi connectivity index (χ3n) is 5.92. The molecule has 0 atom stereocenters. The molecule has 1 aliphatic rings. The minimum absolute atomic E-state index is 0.0464. The minimum Gasteiger partial charge on any atom is -0.368 e. The topological polar surface area (TPSA) is 118 Å². The van der Waals surface area contributed by atoms with E-state index >= 15 is 0 Å². The van der Waals surface area contributed by atoms with Gasteiger partial charge in [-0.3, -0.25) is 24.5 Å². The van der Waals surface area contributed by atoms with Gasteiger partial charge >= 0.3 is 0 Å². The van der Waals surface area contributed by atoms with E-state index in [1.54, 1.807) is 41.4 Å². The lowest BCUT2D eigenvalue weighted by Gasteiger charge is -2.36. The maximum atomic E-state index is 12.5. The highest BCUT2D eigenvalue weighted by Crippen LogP contribution is 2.20. The predicted molar refractivity (Wildman–Crippen MR) is 128 cm³/mol. The average molecular weight is 463 g/mol. The highest BCUT2D eigenvalue weighted by atomic mass is 16.6. The van der Waals surface area contributed by atoms with Crippen LogP contribution in [0.4, 0.5) is 11.4 Å². The Bertz CT molecular complexity index is 1260. The number of nitro benzene ring substituents is 1. The first-order valence-electron chi connectivity index (χ1n) is 11.0. The maximum Gasteiger partial charge on any atom is 0.269 e. The van der Waals surface area contributed by atoms with Gasteiger partial charge in [-0.25, -0.2) is 0 Å². The Morgan fingerprint density at radius 1 is 0.971 bits per heavy atom. The largest absolute Gasteiger partial charge is 0.368 e. The minimum atomic E-state index is -0.431. The lowest BCUT2D eigenvalue weighted by atomic mass is 10.2. The van der Waals surface area contributed by atoms with Crippen molar-refractivity contribution in [2.45, 2.75) is 13.0 Å². The number of amides is 2. The molecule has 176 valence electrons. The molecule has 2 heterocycles. The van der Waals surface area contributed by atoms with Crippen molar-refractivity contribution < 1.29 is 14.5 Å². The van der Waals surface area contributed by atoms with E-state index in [4.69, 9.17) is 0 Å². The molecule has 10 nitrogen and oxygen atoms in total. The Morgan fingerprint density at radius 2 is 1.68 bits per heavy atom. The summed E-state index contributed by atoms with van der Waals surface area (Å²) in [6.45, 7) is 2.42. The average Bonchev–Trinajstić information content (AvgIpc) is 2.86. The number of carbonyl (C=O) groups excluding carboxylic acids is 2. The van der Waals surface area contributed by atoms with Crippen molar-refractivity contribution in [2.24, 2.45) is 0 Å². The van der Waals surface area contributed by atoms with Crippen molar-refractivity contribution in [1.82, 2.24) is 14.8 Å². The standard InChI is InChI=1S/C24H25N5O5/c30-22(17-28-12-10-18-3-1-2-4-21(18)24(28)32)25-11-9-23(31)27-15-13-26(14-16-27)19-5-7-20(8-6-19)29(33)34/h1-8,10,12H,9,11,13-17H2,(H,25,30). The van der Waals surface area contributed by atoms with Gasteiger partial charge in [-0.1, -0.05) is 18.2 Å². The molecule has 0 radical (unpaired) electrons. The Kier molecular flexibility index (Phi) is 6.86. The third kappa shape index (κ3) is 5.22. The van der Waals surface area contributed by atoms with Crippen molar-refractivity contribution in [3.63, 3.8) is 0 Å². The molecule has 2 amide bonds. The van der Waals surface area contributed by atoms with Crippen LogP contribution in [-0.2, 0) is 16.1 Å². The summed E-state index contributed by atoms with van der Waals surface area (Å²) in [4.78, 5) is 51.5. The van der Waals surface area contributed by atoms with Crippen molar-refractivity contribution in [3.8, 4) is 0 Å². The predicted octanol–water partition coefficient (Wildman–Crippen LogP) is 1.76. The fourth-order valence-electron chi connectivity index (χ4n) is 4.03. The van der Waals surface area contributed by atoms with E-state index in [1.165, 1.54) is 16.7 Å². The summed E-state index contributed by atoms with van der Waals surface area (Å²) in [7, 11) is 0. The first-order valence-corrected chi connectivity index (χ1v) is 11.0. The summed E-state index contributed by atoms with van der Waals surface area (Å²) in [5.74, 6) is -0.375. The lowest BCUT2D eigenvalue weighted by Crippen LogP contribution is -2.49. The molecular formula is C24H25N5O5. The second-order valence-corrected chi connectivity index (χ2v) is 8.08. The van der Waals surface area contributed by atoms with Crippen LogP contribution in [0, 0.1) is 10.1 Å². The molecule has 4 rings (SSSR count). The molecule has 0 aliphatic carbocycles. The van der Waals surface area contributed by atoms with Crippen LogP contribution in [0.3, 0.4) is 0 Å². The third-order valence-corrected chi connectivity index (χ3v) is 5.92. The maximum absolute atomic E-state index is 12.5. The molecule has 1 aliphatic heterocycles. The van der Waals surface area contributed by atoms with Crippen LogP contribution in [0.15, 0.2) is 65.6 Å². The second-order valence-electron chi connectivity index (χ2n) is 8.08. The molecule has 0 spiro atoms. The number of non-ortho nitro benzene ring substituents is 1. The quantitative estimate of drug-likeness (QED) is 0.421. The molecule has 10 heteroatoms. The van der Waals surface area contributed by atoms with Crippen LogP contribution in [0.2, 0.25) is 0 Å². The van der Waals surface area contributed by atoms with Gasteiger partial charge in [0.1, 0.15) is 6.54 Å². The van der Waals surface area contributed by atoms with Gasteiger partial charge in [0.05, 0.1) is 4.92 Å². The number of benzene rings is 2. The number of carbonyl (C=O) groups is 2. The van der Waals surface area contributed by atoms with Crippen molar-refractivity contribution in [2.75, 3.05) is 37.6 Å². The number of nitro groups is 1. The number of hydrogen-bond acceptors (Lipinski definition) is 6. The Morgan fingerprint density at radius 3 is 2.38 bits per heavy atom. The van der Waals surface area contributed by atoms with Crippen molar-refractivity contribution >= 4 is 34.0 Å². The van der Waals surface area contributed by atoms with Gasteiger partial charge < -0.3 is 19.7 Å². The highest BCUT2D eigenvalue weighted by molar-refractivity contribution is 5.82. The molecule has 2 aromatic carbocycles. The molecule has 3 aromatic rings. The van der Waals surface area contributed by atoms with Crippen LogP contribution < -0.4 is 15.8 Å². The van der Waals surface area contributed by atoms with E-state index in [2.05, 4.69) is 10.2 Å². The zero-order valence-electron chi connectivity index (χ0n) is 18.6. The van der Waals surface area contributed by atoms with Gasteiger partial charge in [-0.15, -0.1) is 0 Å². The molecule has 1 fully saturated rings. The molecule has 0 saturated carbocycles. The fourth-order valence-corrected chi connectivity index (χ4v) is 4.03. The van der Waals surface area contributed by atoms with Crippen LogP contribution in [0.5, 0.6) is 0 Å². The number of hydrogen-bond donors (Lipinski definition) is 1. The zero-order chi connectivity index (χ0) is 24.1. The SMILES string of the molecule is O=C(Cn1ccc2ccccc2c1=O)NCCC(=O)N1CCN(c2ccc([N+](=O)[O-])cc2)CC1. The number of pyridine rings is 1. The number of rotatable bonds is 7. The number of nitrogens with zero attached hydrogens (tertiary/aromatic N) is 4. The number of fused-ring (bicyclic) bond motifs is 1. The van der Waals surface area contributed by atoms with E-state index in [0.29, 0.717) is 31.6 Å². The zero-order valence-corrected chi connectivity index (χ0v) is 18.6. The van der Waals surface area contributed by atoms with Crippen LogP contribution >= 0.6 is 0 Å². The number of aromatic nitrogens is 1. The Hall–Kier alpha value is -4.21. The number of piperazine rings is 1. The normalized spacial score (nSPS) is 13.6. The highest BCUT2D eigenvalue weighted by Gasteiger charge is 2.21. The van der Waals surface area contributed by atoms with Crippen molar-refractivity contribution in [1.29, 1.82) is 0 Å². The fraction of sp³-hybridized carbons (Fsp3) is 0.292. The van der Waals surface area contributed by atoms with Gasteiger partial charge in [-0.2, -0.15) is 0 Å². The van der Waals surface area contributed by atoms with Crippen LogP contribution in [0.25, 0.3) is 10.8 Å². The monoisotopic (exact) mass is 463 g/mol. The van der Waals surface area contributed by atoms with Crippen LogP contribution in [0.1, 0.15) is 6.42 Å². The Balaban J connectivity index is 1.22. The van der Waals surface area contributed by atoms with Crippen LogP contribution in [-0.4, -0.2) is 58.9 Å². The van der Waals surface area contributed by atoms with E-state index in [1.807, 2.05) is 12.1 Å². The summed E-state index contributed by atoms with van der Waals surface area (Å²) in [6.07, 6.45) is 1.77. The van der Waals surface area contributed by atoms with Gasteiger partial charge in [0.2, 0.25) is 11.8 Å². The van der Waals surface area contributed by atoms with E-state index in [9.17, 15) is 24.5 Å². The molecule has 1 saturated heterocycles. The summed E-state index contributed by atoms with van der Waals surface area (Å²) in [5.41, 5.74) is 0.703. The lowest BCUT2D eigenvalue weighted by molar-refractivity contribution is -0.384. The second kappa shape index (κ2) is 10.2. The molecular weight excluding hydrogens is 438 g/mol. The number of anilines is 1.